The molecule has 25 heavy (non-hydrogen) atoms. The zero-order valence-electron chi connectivity index (χ0n) is 15.0. The minimum Gasteiger partial charge on any atom is -0.497 e. The van der Waals surface area contributed by atoms with Crippen LogP contribution < -0.4 is 9.47 Å². The summed E-state index contributed by atoms with van der Waals surface area (Å²) in [5.74, 6) is 1.57. The number of hydrogen-bond acceptors (Lipinski definition) is 4. The van der Waals surface area contributed by atoms with Crippen LogP contribution in [0.5, 0.6) is 11.5 Å². The largest absolute Gasteiger partial charge is 0.497 e. The highest BCUT2D eigenvalue weighted by atomic mass is 16.5. The highest BCUT2D eigenvalue weighted by molar-refractivity contribution is 5.97. The predicted molar refractivity (Wildman–Crippen MR) is 94.0 cm³/mol. The van der Waals surface area contributed by atoms with Crippen LogP contribution in [-0.2, 0) is 4.79 Å². The van der Waals surface area contributed by atoms with Gasteiger partial charge in [-0.15, -0.1) is 0 Å². The summed E-state index contributed by atoms with van der Waals surface area (Å²) in [5.41, 5.74) is 0.527. The fourth-order valence-electron chi connectivity index (χ4n) is 3.71. The van der Waals surface area contributed by atoms with Gasteiger partial charge in [-0.2, -0.15) is 0 Å². The van der Waals surface area contributed by atoms with E-state index in [-0.39, 0.29) is 17.7 Å². The molecular weight excluding hydrogens is 320 g/mol. The lowest BCUT2D eigenvalue weighted by Crippen LogP contribution is -2.51. The van der Waals surface area contributed by atoms with E-state index in [4.69, 9.17) is 9.47 Å². The SMILES string of the molecule is COc1ccc(C(=O)N2CCN(C(=O)C3CCCC3)CC2)c(OC)c1. The van der Waals surface area contributed by atoms with Crippen LogP contribution in [0.25, 0.3) is 0 Å². The number of carbonyl (C=O) groups excluding carboxylic acids is 2. The smallest absolute Gasteiger partial charge is 0.257 e. The number of benzene rings is 1. The molecule has 0 N–H and O–H groups in total. The molecule has 2 aliphatic rings. The highest BCUT2D eigenvalue weighted by Gasteiger charge is 2.31. The van der Waals surface area contributed by atoms with Crippen molar-refractivity contribution in [2.24, 2.45) is 5.92 Å². The summed E-state index contributed by atoms with van der Waals surface area (Å²) in [4.78, 5) is 29.0. The lowest BCUT2D eigenvalue weighted by atomic mass is 10.1. The second-order valence-corrected chi connectivity index (χ2v) is 6.67. The zero-order valence-corrected chi connectivity index (χ0v) is 15.0. The number of hydrogen-bond donors (Lipinski definition) is 0. The Bertz CT molecular complexity index is 632. The summed E-state index contributed by atoms with van der Waals surface area (Å²) in [7, 11) is 3.13. The van der Waals surface area contributed by atoms with Crippen LogP contribution in [0, 0.1) is 5.92 Å². The van der Waals surface area contributed by atoms with Crippen LogP contribution in [0.2, 0.25) is 0 Å². The van der Waals surface area contributed by atoms with Crippen molar-refractivity contribution in [1.29, 1.82) is 0 Å². The van der Waals surface area contributed by atoms with E-state index in [0.29, 0.717) is 43.2 Å². The maximum absolute atomic E-state index is 12.8. The molecule has 0 unspecified atom stereocenters. The van der Waals surface area contributed by atoms with Gasteiger partial charge in [0.15, 0.2) is 0 Å². The molecule has 1 aliphatic heterocycles. The van der Waals surface area contributed by atoms with Crippen LogP contribution in [0.4, 0.5) is 0 Å². The van der Waals surface area contributed by atoms with Crippen molar-refractivity contribution in [3.05, 3.63) is 23.8 Å². The highest BCUT2D eigenvalue weighted by Crippen LogP contribution is 2.28. The van der Waals surface area contributed by atoms with Gasteiger partial charge in [0.1, 0.15) is 11.5 Å². The summed E-state index contributed by atoms with van der Waals surface area (Å²) in [6.07, 6.45) is 4.35. The van der Waals surface area contributed by atoms with Crippen molar-refractivity contribution >= 4 is 11.8 Å². The van der Waals surface area contributed by atoms with Gasteiger partial charge in [-0.05, 0) is 25.0 Å². The molecule has 1 aromatic rings. The Kier molecular flexibility index (Phi) is 5.46. The topological polar surface area (TPSA) is 59.1 Å². The zero-order chi connectivity index (χ0) is 17.8. The Labute approximate surface area is 148 Å². The minimum atomic E-state index is -0.0625. The second-order valence-electron chi connectivity index (χ2n) is 6.67. The Morgan fingerprint density at radius 1 is 0.960 bits per heavy atom. The van der Waals surface area contributed by atoms with E-state index in [0.717, 1.165) is 25.7 Å². The van der Waals surface area contributed by atoms with E-state index in [1.54, 1.807) is 37.3 Å². The molecule has 3 rings (SSSR count). The maximum Gasteiger partial charge on any atom is 0.257 e. The average Bonchev–Trinajstić information content (AvgIpc) is 3.21. The molecule has 0 spiro atoms. The van der Waals surface area contributed by atoms with Gasteiger partial charge in [0.25, 0.3) is 5.91 Å². The van der Waals surface area contributed by atoms with Gasteiger partial charge in [0.05, 0.1) is 19.8 Å². The molecule has 1 heterocycles. The summed E-state index contributed by atoms with van der Waals surface area (Å²) in [6.45, 7) is 2.35. The fourth-order valence-corrected chi connectivity index (χ4v) is 3.71. The standard InChI is InChI=1S/C19H26N2O4/c1-24-15-7-8-16(17(13-15)25-2)19(23)21-11-9-20(10-12-21)18(22)14-5-3-4-6-14/h7-8,13-14H,3-6,9-12H2,1-2H3. The number of piperazine rings is 1. The first-order valence-electron chi connectivity index (χ1n) is 8.94. The third-order valence-corrected chi connectivity index (χ3v) is 5.22. The van der Waals surface area contributed by atoms with Gasteiger partial charge in [0.2, 0.25) is 5.91 Å². The first kappa shape index (κ1) is 17.6. The molecule has 0 radical (unpaired) electrons. The third kappa shape index (κ3) is 3.72. The number of rotatable bonds is 4. The third-order valence-electron chi connectivity index (χ3n) is 5.22. The van der Waals surface area contributed by atoms with Crippen LogP contribution >= 0.6 is 0 Å². The molecule has 6 heteroatoms. The van der Waals surface area contributed by atoms with Gasteiger partial charge in [-0.1, -0.05) is 12.8 Å². The first-order chi connectivity index (χ1) is 12.1. The molecule has 1 saturated heterocycles. The van der Waals surface area contributed by atoms with Gasteiger partial charge >= 0.3 is 0 Å². The number of methoxy groups -OCH3 is 2. The Balaban J connectivity index is 1.62. The molecule has 0 bridgehead atoms. The lowest BCUT2D eigenvalue weighted by Gasteiger charge is -2.36. The first-order valence-corrected chi connectivity index (χ1v) is 8.94. The monoisotopic (exact) mass is 346 g/mol. The molecule has 0 atom stereocenters. The lowest BCUT2D eigenvalue weighted by molar-refractivity contribution is -0.136. The molecule has 1 aromatic carbocycles. The molecule has 1 saturated carbocycles. The number of amides is 2. The fraction of sp³-hybridized carbons (Fsp3) is 0.579. The van der Waals surface area contributed by atoms with Crippen LogP contribution in [-0.4, -0.2) is 62.0 Å². The van der Waals surface area contributed by atoms with Crippen LogP contribution in [0.1, 0.15) is 36.0 Å². The van der Waals surface area contributed by atoms with E-state index in [2.05, 4.69) is 0 Å². The van der Waals surface area contributed by atoms with E-state index < -0.39 is 0 Å². The van der Waals surface area contributed by atoms with Gasteiger partial charge < -0.3 is 19.3 Å². The minimum absolute atomic E-state index is 0.0625. The average molecular weight is 346 g/mol. The van der Waals surface area contributed by atoms with Crippen molar-refractivity contribution in [2.45, 2.75) is 25.7 Å². The van der Waals surface area contributed by atoms with E-state index >= 15 is 0 Å². The van der Waals surface area contributed by atoms with Crippen LogP contribution in [0.15, 0.2) is 18.2 Å². The van der Waals surface area contributed by atoms with E-state index in [9.17, 15) is 9.59 Å². The predicted octanol–water partition coefficient (Wildman–Crippen LogP) is 2.18. The summed E-state index contributed by atoms with van der Waals surface area (Å²) < 4.78 is 10.5. The van der Waals surface area contributed by atoms with Crippen molar-refractivity contribution in [3.63, 3.8) is 0 Å². The van der Waals surface area contributed by atoms with Gasteiger partial charge in [0, 0.05) is 38.2 Å². The number of carbonyl (C=O) groups is 2. The Morgan fingerprint density at radius 3 is 2.20 bits per heavy atom. The molecule has 6 nitrogen and oxygen atoms in total. The van der Waals surface area contributed by atoms with Crippen LogP contribution in [0.3, 0.4) is 0 Å². The molecule has 136 valence electrons. The van der Waals surface area contributed by atoms with Crippen molar-refractivity contribution in [2.75, 3.05) is 40.4 Å². The van der Waals surface area contributed by atoms with Crippen molar-refractivity contribution in [1.82, 2.24) is 9.80 Å². The Hall–Kier alpha value is -2.24. The van der Waals surface area contributed by atoms with Gasteiger partial charge in [-0.25, -0.2) is 0 Å². The quantitative estimate of drug-likeness (QED) is 0.838. The molecular formula is C19H26N2O4. The van der Waals surface area contributed by atoms with E-state index in [1.165, 1.54) is 0 Å². The summed E-state index contributed by atoms with van der Waals surface area (Å²) in [5, 5.41) is 0. The number of ether oxygens (including phenoxy) is 2. The van der Waals surface area contributed by atoms with E-state index in [1.807, 2.05) is 4.90 Å². The maximum atomic E-state index is 12.8. The molecule has 1 aliphatic carbocycles. The second kappa shape index (κ2) is 7.76. The number of nitrogens with zero attached hydrogens (tertiary/aromatic N) is 2. The molecule has 0 aromatic heterocycles. The van der Waals surface area contributed by atoms with Crippen molar-refractivity contribution in [3.8, 4) is 11.5 Å². The summed E-state index contributed by atoms with van der Waals surface area (Å²) in [6, 6.07) is 5.21. The van der Waals surface area contributed by atoms with Gasteiger partial charge in [-0.3, -0.25) is 9.59 Å². The molecule has 2 amide bonds. The summed E-state index contributed by atoms with van der Waals surface area (Å²) >= 11 is 0. The Morgan fingerprint density at radius 2 is 1.60 bits per heavy atom. The van der Waals surface area contributed by atoms with Crippen molar-refractivity contribution < 1.29 is 19.1 Å². The molecule has 2 fully saturated rings. The normalized spacial score (nSPS) is 18.3.